The van der Waals surface area contributed by atoms with E-state index in [0.29, 0.717) is 41.6 Å². The van der Waals surface area contributed by atoms with Crippen molar-refractivity contribution in [3.05, 3.63) is 69.0 Å². The fraction of sp³-hybridized carbons (Fsp3) is 0.367. The van der Waals surface area contributed by atoms with Gasteiger partial charge in [0, 0.05) is 13.0 Å². The van der Waals surface area contributed by atoms with Crippen molar-refractivity contribution in [3.63, 3.8) is 0 Å². The molecule has 12 nitrogen and oxygen atoms in total. The lowest BCUT2D eigenvalue weighted by Crippen LogP contribution is -2.41. The minimum absolute atomic E-state index is 0.0197. The molecule has 2 amide bonds. The molecule has 0 fully saturated rings. The number of carboxylic acids is 1. The van der Waals surface area contributed by atoms with E-state index in [1.54, 1.807) is 19.1 Å². The number of nitrogens with one attached hydrogen (secondary N) is 3. The first-order valence-corrected chi connectivity index (χ1v) is 15.6. The van der Waals surface area contributed by atoms with E-state index >= 15 is 4.39 Å². The Morgan fingerprint density at radius 3 is 2.57 bits per heavy atom. The maximum absolute atomic E-state index is 15.4. The maximum atomic E-state index is 15.4. The molecule has 0 aliphatic heterocycles. The number of para-hydroxylation sites is 1. The second-order valence-electron chi connectivity index (χ2n) is 10.4. The van der Waals surface area contributed by atoms with Crippen molar-refractivity contribution >= 4 is 44.4 Å². The molecule has 0 aliphatic rings. The summed E-state index contributed by atoms with van der Waals surface area (Å²) in [7, 11) is -3.66. The van der Waals surface area contributed by atoms with Crippen LogP contribution in [0, 0.1) is 32.0 Å². The third-order valence-electron chi connectivity index (χ3n) is 6.77. The Hall–Kier alpha value is -4.77. The summed E-state index contributed by atoms with van der Waals surface area (Å²) in [6.45, 7) is 3.42. The fourth-order valence-corrected chi connectivity index (χ4v) is 5.25. The predicted octanol–water partition coefficient (Wildman–Crippen LogP) is 2.53. The number of aryl methyl sites for hydroxylation is 2. The monoisotopic (exact) mass is 627 g/mol. The molecular formula is C30H34FN5O7S. The number of carbonyl (C=O) groups is 3. The normalized spacial score (nSPS) is 11.9. The number of sulfonamides is 1. The maximum Gasteiger partial charge on any atom is 0.326 e. The van der Waals surface area contributed by atoms with Gasteiger partial charge in [-0.3, -0.25) is 19.1 Å². The Kier molecular flexibility index (Phi) is 11.2. The summed E-state index contributed by atoms with van der Waals surface area (Å²) in [6, 6.07) is 5.93. The van der Waals surface area contributed by atoms with Crippen LogP contribution < -0.4 is 20.5 Å². The van der Waals surface area contributed by atoms with Crippen molar-refractivity contribution in [1.29, 1.82) is 0 Å². The van der Waals surface area contributed by atoms with E-state index in [1.165, 1.54) is 17.0 Å². The van der Waals surface area contributed by atoms with E-state index < -0.39 is 39.7 Å². The molecule has 1 atom stereocenters. The summed E-state index contributed by atoms with van der Waals surface area (Å²) < 4.78 is 39.5. The third kappa shape index (κ3) is 9.11. The number of aromatic nitrogens is 2. The van der Waals surface area contributed by atoms with Crippen LogP contribution in [0.3, 0.4) is 0 Å². The average Bonchev–Trinajstić information content (AvgIpc) is 2.91. The highest BCUT2D eigenvalue weighted by Gasteiger charge is 2.26. The highest BCUT2D eigenvalue weighted by molar-refractivity contribution is 7.89. The molecule has 0 spiro atoms. The summed E-state index contributed by atoms with van der Waals surface area (Å²) in [5, 5.41) is 12.5. The van der Waals surface area contributed by atoms with Crippen molar-refractivity contribution in [2.45, 2.75) is 58.5 Å². The second kappa shape index (κ2) is 14.6. The number of anilines is 1. The Labute approximate surface area is 254 Å². The molecule has 0 aliphatic carbocycles. The average molecular weight is 628 g/mol. The number of aliphatic carboxylic acids is 1. The standard InChI is InChI=1S/C30H34FN5O7S/c1-5-14-36(17-20-16-22-25(15-18(20)2)32-19(3)33-29(22)39)27-21(10-9-11-23(27)31)28(38)34-24(30(40)41)12-7-6-8-13-26(37)35-44(4,42)43/h1,9-11,15-16,24H,6-8,12-14,17H2,2-4H3,(H,34,38)(H,35,37)(H,40,41)(H,32,33,39). The molecule has 4 N–H and O–H groups in total. The summed E-state index contributed by atoms with van der Waals surface area (Å²) in [6.07, 6.45) is 7.46. The van der Waals surface area contributed by atoms with Gasteiger partial charge in [0.05, 0.1) is 35.0 Å². The molecular weight excluding hydrogens is 593 g/mol. The topological polar surface area (TPSA) is 179 Å². The first-order valence-electron chi connectivity index (χ1n) is 13.7. The van der Waals surface area contributed by atoms with E-state index in [9.17, 15) is 32.7 Å². The minimum Gasteiger partial charge on any atom is -0.480 e. The Morgan fingerprint density at radius 2 is 1.91 bits per heavy atom. The Bertz CT molecular complexity index is 1780. The van der Waals surface area contributed by atoms with Crippen molar-refractivity contribution in [2.75, 3.05) is 17.7 Å². The van der Waals surface area contributed by atoms with E-state index in [-0.39, 0.29) is 42.7 Å². The molecule has 1 unspecified atom stereocenters. The summed E-state index contributed by atoms with van der Waals surface area (Å²) >= 11 is 0. The highest BCUT2D eigenvalue weighted by atomic mass is 32.2. The van der Waals surface area contributed by atoms with Gasteiger partial charge in [-0.2, -0.15) is 0 Å². The number of amides is 2. The molecule has 44 heavy (non-hydrogen) atoms. The minimum atomic E-state index is -3.66. The molecule has 3 aromatic rings. The fourth-order valence-electron chi connectivity index (χ4n) is 4.73. The van der Waals surface area contributed by atoms with Gasteiger partial charge in [-0.1, -0.05) is 24.8 Å². The number of carbonyl (C=O) groups excluding carboxylic acids is 2. The first kappa shape index (κ1) is 33.7. The molecule has 14 heteroatoms. The van der Waals surface area contributed by atoms with Crippen LogP contribution in [0.2, 0.25) is 0 Å². The number of fused-ring (bicyclic) bond motifs is 1. The van der Waals surface area contributed by atoms with Gasteiger partial charge in [0.25, 0.3) is 11.5 Å². The quantitative estimate of drug-likeness (QED) is 0.154. The molecule has 0 bridgehead atoms. The molecule has 1 heterocycles. The molecule has 234 valence electrons. The van der Waals surface area contributed by atoms with Gasteiger partial charge in [0.15, 0.2) is 0 Å². The van der Waals surface area contributed by atoms with Crippen LogP contribution in [0.15, 0.2) is 35.1 Å². The smallest absolute Gasteiger partial charge is 0.326 e. The summed E-state index contributed by atoms with van der Waals surface area (Å²) in [5.41, 5.74) is 1.32. The molecule has 1 aromatic heterocycles. The van der Waals surface area contributed by atoms with Crippen LogP contribution in [0.1, 0.15) is 59.4 Å². The van der Waals surface area contributed by atoms with Crippen LogP contribution in [-0.4, -0.2) is 60.1 Å². The Balaban J connectivity index is 1.79. The highest BCUT2D eigenvalue weighted by Crippen LogP contribution is 2.28. The number of terminal acetylenes is 1. The van der Waals surface area contributed by atoms with E-state index in [4.69, 9.17) is 6.42 Å². The number of nitrogens with zero attached hydrogens (tertiary/aromatic N) is 2. The largest absolute Gasteiger partial charge is 0.480 e. The summed E-state index contributed by atoms with van der Waals surface area (Å²) in [5.74, 6) is -0.611. The van der Waals surface area contributed by atoms with Crippen LogP contribution in [0.25, 0.3) is 10.9 Å². The predicted molar refractivity (Wildman–Crippen MR) is 163 cm³/mol. The number of H-pyrrole nitrogens is 1. The van der Waals surface area contributed by atoms with Gasteiger partial charge in [0.1, 0.15) is 17.7 Å². The van der Waals surface area contributed by atoms with Gasteiger partial charge >= 0.3 is 5.97 Å². The van der Waals surface area contributed by atoms with E-state index in [1.807, 2.05) is 11.6 Å². The lowest BCUT2D eigenvalue weighted by molar-refractivity contribution is -0.139. The molecule has 0 saturated heterocycles. The van der Waals surface area contributed by atoms with Crippen LogP contribution in [0.4, 0.5) is 10.1 Å². The number of hydrogen-bond acceptors (Lipinski definition) is 8. The number of benzene rings is 2. The van der Waals surface area contributed by atoms with Crippen LogP contribution in [0.5, 0.6) is 0 Å². The number of unbranched alkanes of at least 4 members (excludes halogenated alkanes) is 2. The van der Waals surface area contributed by atoms with Gasteiger partial charge in [-0.25, -0.2) is 22.6 Å². The molecule has 3 rings (SSSR count). The van der Waals surface area contributed by atoms with Crippen LogP contribution in [-0.2, 0) is 26.2 Å². The lowest BCUT2D eigenvalue weighted by atomic mass is 10.0. The zero-order valence-corrected chi connectivity index (χ0v) is 25.4. The number of carboxylic acid groups (broad SMARTS) is 1. The van der Waals surface area contributed by atoms with Gasteiger partial charge in [-0.05, 0) is 62.1 Å². The second-order valence-corrected chi connectivity index (χ2v) is 12.2. The van der Waals surface area contributed by atoms with E-state index in [2.05, 4.69) is 21.2 Å². The zero-order chi connectivity index (χ0) is 32.6. The molecule has 2 aromatic carbocycles. The lowest BCUT2D eigenvalue weighted by Gasteiger charge is -2.27. The number of aromatic amines is 1. The summed E-state index contributed by atoms with van der Waals surface area (Å²) in [4.78, 5) is 57.9. The van der Waals surface area contributed by atoms with Gasteiger partial charge in [0.2, 0.25) is 15.9 Å². The van der Waals surface area contributed by atoms with Crippen molar-refractivity contribution in [2.24, 2.45) is 0 Å². The SMILES string of the molecule is C#CCN(Cc1cc2c(=O)[nH]c(C)nc2cc1C)c1c(F)cccc1C(=O)NC(CCCCCC(=O)NS(C)(=O)=O)C(=O)O. The van der Waals surface area contributed by atoms with E-state index in [0.717, 1.165) is 17.9 Å². The number of halogens is 1. The number of hydrogen-bond donors (Lipinski definition) is 4. The van der Waals surface area contributed by atoms with Crippen LogP contribution >= 0.6 is 0 Å². The van der Waals surface area contributed by atoms with Crippen molar-refractivity contribution in [3.8, 4) is 12.3 Å². The van der Waals surface area contributed by atoms with Crippen molar-refractivity contribution < 1.29 is 32.3 Å². The van der Waals surface area contributed by atoms with Gasteiger partial charge in [-0.15, -0.1) is 6.42 Å². The first-order chi connectivity index (χ1) is 20.7. The van der Waals surface area contributed by atoms with Crippen molar-refractivity contribution in [1.82, 2.24) is 20.0 Å². The Morgan fingerprint density at radius 1 is 1.18 bits per heavy atom. The number of rotatable bonds is 14. The zero-order valence-electron chi connectivity index (χ0n) is 24.6. The molecule has 0 saturated carbocycles. The molecule has 0 radical (unpaired) electrons. The third-order valence-corrected chi connectivity index (χ3v) is 7.37. The van der Waals surface area contributed by atoms with Gasteiger partial charge < -0.3 is 20.3 Å².